The highest BCUT2D eigenvalue weighted by Gasteiger charge is 2.27. The standard InChI is InChI=1S/C25H20O4/c1-27-20-12-10-19(11-13-20)17-28-21-14-15-22-24(16-21)29-23(25(22)26)9-5-8-18-6-3-2-4-7-18/h2-16H,17H2,1H3/b8-5+,23-9-. The van der Waals surface area contributed by atoms with E-state index in [2.05, 4.69) is 0 Å². The normalized spacial score (nSPS) is 14.1. The molecule has 0 radical (unpaired) electrons. The van der Waals surface area contributed by atoms with E-state index in [1.165, 1.54) is 0 Å². The molecule has 0 N–H and O–H groups in total. The number of ether oxygens (including phenoxy) is 3. The summed E-state index contributed by atoms with van der Waals surface area (Å²) < 4.78 is 16.7. The Kier molecular flexibility index (Phi) is 5.43. The number of carbonyl (C=O) groups is 1. The van der Waals surface area contributed by atoms with Crippen LogP contribution in [0.2, 0.25) is 0 Å². The van der Waals surface area contributed by atoms with Gasteiger partial charge in [-0.2, -0.15) is 0 Å². The zero-order valence-electron chi connectivity index (χ0n) is 16.0. The first-order chi connectivity index (χ1) is 14.2. The van der Waals surface area contributed by atoms with E-state index in [4.69, 9.17) is 14.2 Å². The number of methoxy groups -OCH3 is 1. The molecule has 0 saturated heterocycles. The van der Waals surface area contributed by atoms with E-state index >= 15 is 0 Å². The summed E-state index contributed by atoms with van der Waals surface area (Å²) in [4.78, 5) is 12.5. The molecule has 0 spiro atoms. The van der Waals surface area contributed by atoms with Gasteiger partial charge in [0.2, 0.25) is 5.78 Å². The van der Waals surface area contributed by atoms with Crippen molar-refractivity contribution in [1.82, 2.24) is 0 Å². The molecule has 0 aromatic heterocycles. The number of rotatable bonds is 6. The molecule has 0 unspecified atom stereocenters. The van der Waals surface area contributed by atoms with E-state index in [1.807, 2.05) is 66.7 Å². The lowest BCUT2D eigenvalue weighted by Crippen LogP contribution is -1.97. The molecule has 0 fully saturated rings. The number of fused-ring (bicyclic) bond motifs is 1. The second-order valence-corrected chi connectivity index (χ2v) is 6.53. The lowest BCUT2D eigenvalue weighted by molar-refractivity contribution is 0.101. The van der Waals surface area contributed by atoms with Crippen LogP contribution in [0.15, 0.2) is 90.7 Å². The average Bonchev–Trinajstić information content (AvgIpc) is 3.08. The van der Waals surface area contributed by atoms with Gasteiger partial charge >= 0.3 is 0 Å². The van der Waals surface area contributed by atoms with Crippen LogP contribution in [-0.2, 0) is 6.61 Å². The highest BCUT2D eigenvalue weighted by Crippen LogP contribution is 2.34. The molecule has 1 aliphatic rings. The van der Waals surface area contributed by atoms with Crippen molar-refractivity contribution in [2.24, 2.45) is 0 Å². The number of hydrogen-bond donors (Lipinski definition) is 0. The Morgan fingerprint density at radius 1 is 0.931 bits per heavy atom. The lowest BCUT2D eigenvalue weighted by atomic mass is 10.1. The van der Waals surface area contributed by atoms with Gasteiger partial charge in [0.15, 0.2) is 5.76 Å². The van der Waals surface area contributed by atoms with Crippen molar-refractivity contribution in [3.8, 4) is 17.2 Å². The Morgan fingerprint density at radius 2 is 1.69 bits per heavy atom. The number of ketones is 1. The second-order valence-electron chi connectivity index (χ2n) is 6.53. The van der Waals surface area contributed by atoms with Crippen molar-refractivity contribution in [2.45, 2.75) is 6.61 Å². The average molecular weight is 384 g/mol. The summed E-state index contributed by atoms with van der Waals surface area (Å²) in [7, 11) is 1.64. The third-order valence-corrected chi connectivity index (χ3v) is 4.54. The quantitative estimate of drug-likeness (QED) is 0.531. The molecule has 0 bridgehead atoms. The van der Waals surface area contributed by atoms with Gasteiger partial charge in [0, 0.05) is 6.07 Å². The van der Waals surface area contributed by atoms with E-state index in [9.17, 15) is 4.79 Å². The number of Topliss-reactive ketones (excluding diaryl/α,β-unsaturated/α-hetero) is 1. The Hall–Kier alpha value is -3.79. The predicted molar refractivity (Wildman–Crippen MR) is 112 cm³/mol. The number of benzene rings is 3. The molecule has 29 heavy (non-hydrogen) atoms. The van der Waals surface area contributed by atoms with Gasteiger partial charge in [-0.3, -0.25) is 4.79 Å². The third kappa shape index (κ3) is 4.38. The summed E-state index contributed by atoms with van der Waals surface area (Å²) in [5, 5.41) is 0. The van der Waals surface area contributed by atoms with E-state index in [-0.39, 0.29) is 5.78 Å². The van der Waals surface area contributed by atoms with Gasteiger partial charge in [-0.1, -0.05) is 54.6 Å². The van der Waals surface area contributed by atoms with E-state index in [1.54, 1.807) is 31.4 Å². The Morgan fingerprint density at radius 3 is 2.45 bits per heavy atom. The first kappa shape index (κ1) is 18.6. The minimum atomic E-state index is -0.126. The number of carbonyl (C=O) groups excluding carboxylic acids is 1. The second kappa shape index (κ2) is 8.48. The van der Waals surface area contributed by atoms with Crippen LogP contribution in [0, 0.1) is 0 Å². The predicted octanol–water partition coefficient (Wildman–Crippen LogP) is 5.45. The molecule has 1 heterocycles. The van der Waals surface area contributed by atoms with Crippen molar-refractivity contribution in [3.05, 3.63) is 107 Å². The number of allylic oxidation sites excluding steroid dienone is 3. The molecule has 3 aromatic rings. The summed E-state index contributed by atoms with van der Waals surface area (Å²) in [5.74, 6) is 2.15. The Balaban J connectivity index is 1.42. The molecule has 4 nitrogen and oxygen atoms in total. The molecule has 4 heteroatoms. The zero-order valence-corrected chi connectivity index (χ0v) is 16.0. The molecule has 0 saturated carbocycles. The summed E-state index contributed by atoms with van der Waals surface area (Å²) in [6.45, 7) is 0.416. The maximum Gasteiger partial charge on any atom is 0.231 e. The maximum atomic E-state index is 12.5. The highest BCUT2D eigenvalue weighted by molar-refractivity contribution is 6.12. The fourth-order valence-electron chi connectivity index (χ4n) is 2.97. The van der Waals surface area contributed by atoms with Crippen molar-refractivity contribution in [1.29, 1.82) is 0 Å². The largest absolute Gasteiger partial charge is 0.497 e. The van der Waals surface area contributed by atoms with E-state index in [0.29, 0.717) is 29.4 Å². The van der Waals surface area contributed by atoms with Crippen LogP contribution >= 0.6 is 0 Å². The summed E-state index contributed by atoms with van der Waals surface area (Å²) >= 11 is 0. The highest BCUT2D eigenvalue weighted by atomic mass is 16.5. The van der Waals surface area contributed by atoms with Crippen molar-refractivity contribution in [2.75, 3.05) is 7.11 Å². The van der Waals surface area contributed by atoms with Crippen LogP contribution in [0.5, 0.6) is 17.2 Å². The van der Waals surface area contributed by atoms with Crippen molar-refractivity contribution in [3.63, 3.8) is 0 Å². The minimum absolute atomic E-state index is 0.126. The fraction of sp³-hybridized carbons (Fsp3) is 0.0800. The van der Waals surface area contributed by atoms with Crippen LogP contribution in [0.1, 0.15) is 21.5 Å². The molecule has 144 valence electrons. The van der Waals surface area contributed by atoms with Crippen LogP contribution in [-0.4, -0.2) is 12.9 Å². The SMILES string of the molecule is COc1ccc(COc2ccc3c(c2)O/C(=C\C=C\c2ccccc2)C3=O)cc1. The molecular formula is C25H20O4. The topological polar surface area (TPSA) is 44.8 Å². The number of hydrogen-bond acceptors (Lipinski definition) is 4. The van der Waals surface area contributed by atoms with Crippen LogP contribution in [0.4, 0.5) is 0 Å². The zero-order chi connectivity index (χ0) is 20.1. The monoisotopic (exact) mass is 384 g/mol. The van der Waals surface area contributed by atoms with Gasteiger partial charge in [-0.05, 0) is 41.5 Å². The van der Waals surface area contributed by atoms with Crippen LogP contribution in [0.3, 0.4) is 0 Å². The van der Waals surface area contributed by atoms with Crippen LogP contribution < -0.4 is 14.2 Å². The molecule has 4 rings (SSSR count). The lowest BCUT2D eigenvalue weighted by Gasteiger charge is -2.08. The van der Waals surface area contributed by atoms with Gasteiger partial charge in [-0.15, -0.1) is 0 Å². The minimum Gasteiger partial charge on any atom is -0.497 e. The maximum absolute atomic E-state index is 12.5. The molecular weight excluding hydrogens is 364 g/mol. The van der Waals surface area contributed by atoms with Gasteiger partial charge in [0.05, 0.1) is 12.7 Å². The van der Waals surface area contributed by atoms with E-state index < -0.39 is 0 Å². The Bertz CT molecular complexity index is 1060. The summed E-state index contributed by atoms with van der Waals surface area (Å²) in [6.07, 6.45) is 5.43. The molecule has 0 amide bonds. The summed E-state index contributed by atoms with van der Waals surface area (Å²) in [5.41, 5.74) is 2.62. The van der Waals surface area contributed by atoms with Gasteiger partial charge in [0.25, 0.3) is 0 Å². The van der Waals surface area contributed by atoms with Crippen molar-refractivity contribution < 1.29 is 19.0 Å². The summed E-state index contributed by atoms with van der Waals surface area (Å²) in [6, 6.07) is 22.8. The van der Waals surface area contributed by atoms with E-state index in [0.717, 1.165) is 16.9 Å². The van der Waals surface area contributed by atoms with Gasteiger partial charge < -0.3 is 14.2 Å². The van der Waals surface area contributed by atoms with Gasteiger partial charge in [0.1, 0.15) is 23.9 Å². The van der Waals surface area contributed by atoms with Gasteiger partial charge in [-0.25, -0.2) is 0 Å². The first-order valence-electron chi connectivity index (χ1n) is 9.29. The smallest absolute Gasteiger partial charge is 0.231 e. The Labute approximate surface area is 169 Å². The van der Waals surface area contributed by atoms with Crippen molar-refractivity contribution >= 4 is 11.9 Å². The third-order valence-electron chi connectivity index (χ3n) is 4.54. The first-order valence-corrected chi connectivity index (χ1v) is 9.29. The molecule has 0 atom stereocenters. The molecule has 3 aromatic carbocycles. The van der Waals surface area contributed by atoms with Crippen LogP contribution in [0.25, 0.3) is 6.08 Å². The fourth-order valence-corrected chi connectivity index (χ4v) is 2.97. The molecule has 0 aliphatic carbocycles. The molecule has 1 aliphatic heterocycles.